The summed E-state index contributed by atoms with van der Waals surface area (Å²) in [6.07, 6.45) is 0.172. The van der Waals surface area contributed by atoms with Gasteiger partial charge in [-0.25, -0.2) is 4.79 Å². The van der Waals surface area contributed by atoms with Crippen LogP contribution in [0, 0.1) is 0 Å². The highest BCUT2D eigenvalue weighted by molar-refractivity contribution is 5.87. The smallest absolute Gasteiger partial charge is 0.335 e. The Morgan fingerprint density at radius 3 is 2.79 bits per heavy atom. The van der Waals surface area contributed by atoms with Gasteiger partial charge in [-0.1, -0.05) is 12.1 Å². The molecule has 1 atom stereocenters. The van der Waals surface area contributed by atoms with Crippen molar-refractivity contribution in [2.45, 2.75) is 19.1 Å². The molecule has 4 heteroatoms. The number of hydrogen-bond donors (Lipinski definition) is 3. The molecule has 1 rings (SSSR count). The van der Waals surface area contributed by atoms with E-state index in [1.54, 1.807) is 12.1 Å². The first-order valence-corrected chi connectivity index (χ1v) is 4.35. The molecule has 0 spiro atoms. The lowest BCUT2D eigenvalue weighted by Crippen LogP contribution is -2.19. The highest BCUT2D eigenvalue weighted by Crippen LogP contribution is 2.08. The van der Waals surface area contributed by atoms with Crippen LogP contribution in [-0.2, 0) is 6.42 Å². The molecule has 14 heavy (non-hydrogen) atoms. The minimum atomic E-state index is -0.944. The molecular formula is C10H13NO3. The molecular weight excluding hydrogens is 182 g/mol. The number of nitrogens with two attached hydrogens (primary N) is 1. The zero-order valence-electron chi connectivity index (χ0n) is 7.68. The Morgan fingerprint density at radius 1 is 1.50 bits per heavy atom. The van der Waals surface area contributed by atoms with Gasteiger partial charge in [-0.3, -0.25) is 0 Å². The number of carboxylic acid groups (broad SMARTS) is 1. The summed E-state index contributed by atoms with van der Waals surface area (Å²) in [7, 11) is 0. The van der Waals surface area contributed by atoms with Gasteiger partial charge in [-0.05, 0) is 30.5 Å². The van der Waals surface area contributed by atoms with E-state index in [0.717, 1.165) is 5.56 Å². The van der Waals surface area contributed by atoms with Crippen molar-refractivity contribution in [2.75, 3.05) is 0 Å². The average Bonchev–Trinajstić information content (AvgIpc) is 2.15. The van der Waals surface area contributed by atoms with E-state index in [1.807, 2.05) is 6.07 Å². The Kier molecular flexibility index (Phi) is 3.62. The molecule has 0 radical (unpaired) electrons. The van der Waals surface area contributed by atoms with Crippen molar-refractivity contribution >= 4 is 5.97 Å². The molecule has 0 fully saturated rings. The third-order valence-electron chi connectivity index (χ3n) is 1.90. The first-order valence-electron chi connectivity index (χ1n) is 4.35. The quantitative estimate of drug-likeness (QED) is 0.614. The summed E-state index contributed by atoms with van der Waals surface area (Å²) < 4.78 is 0. The molecule has 4 N–H and O–H groups in total. The molecule has 1 aromatic rings. The molecule has 1 aromatic carbocycles. The molecule has 76 valence electrons. The monoisotopic (exact) mass is 195 g/mol. The van der Waals surface area contributed by atoms with Crippen molar-refractivity contribution in [2.24, 2.45) is 5.73 Å². The summed E-state index contributed by atoms with van der Waals surface area (Å²) in [6, 6.07) is 6.62. The first kappa shape index (κ1) is 10.7. The highest BCUT2D eigenvalue weighted by atomic mass is 16.4. The van der Waals surface area contributed by atoms with Gasteiger partial charge in [0, 0.05) is 0 Å². The minimum Gasteiger partial charge on any atom is -0.478 e. The van der Waals surface area contributed by atoms with Crippen LogP contribution in [0.2, 0.25) is 0 Å². The van der Waals surface area contributed by atoms with Crippen LogP contribution >= 0.6 is 0 Å². The van der Waals surface area contributed by atoms with Gasteiger partial charge < -0.3 is 15.9 Å². The topological polar surface area (TPSA) is 83.5 Å². The molecule has 0 amide bonds. The second-order valence-corrected chi connectivity index (χ2v) is 3.11. The zero-order valence-corrected chi connectivity index (χ0v) is 7.68. The lowest BCUT2D eigenvalue weighted by molar-refractivity contribution is 0.0697. The van der Waals surface area contributed by atoms with Crippen LogP contribution in [0.5, 0.6) is 0 Å². The number of aromatic carboxylic acids is 1. The van der Waals surface area contributed by atoms with E-state index in [2.05, 4.69) is 0 Å². The van der Waals surface area contributed by atoms with Crippen molar-refractivity contribution in [1.82, 2.24) is 0 Å². The Balaban J connectivity index is 2.69. The molecule has 0 heterocycles. The third-order valence-corrected chi connectivity index (χ3v) is 1.90. The van der Waals surface area contributed by atoms with E-state index >= 15 is 0 Å². The fraction of sp³-hybridized carbons (Fsp3) is 0.300. The van der Waals surface area contributed by atoms with Crippen LogP contribution in [0.25, 0.3) is 0 Å². The minimum absolute atomic E-state index is 0.258. The summed E-state index contributed by atoms with van der Waals surface area (Å²) in [5, 5.41) is 17.6. The van der Waals surface area contributed by atoms with E-state index < -0.39 is 12.2 Å². The van der Waals surface area contributed by atoms with E-state index in [9.17, 15) is 4.79 Å². The van der Waals surface area contributed by atoms with Crippen LogP contribution in [0.15, 0.2) is 24.3 Å². The van der Waals surface area contributed by atoms with Gasteiger partial charge in [0.25, 0.3) is 0 Å². The molecule has 4 nitrogen and oxygen atoms in total. The third kappa shape index (κ3) is 3.16. The molecule has 0 unspecified atom stereocenters. The van der Waals surface area contributed by atoms with E-state index in [-0.39, 0.29) is 5.56 Å². The molecule has 0 saturated heterocycles. The summed E-state index contributed by atoms with van der Waals surface area (Å²) in [5.74, 6) is -0.944. The summed E-state index contributed by atoms with van der Waals surface area (Å²) >= 11 is 0. The van der Waals surface area contributed by atoms with Crippen LogP contribution in [0.3, 0.4) is 0 Å². The maximum absolute atomic E-state index is 10.6. The number of hydrogen-bond acceptors (Lipinski definition) is 3. The van der Waals surface area contributed by atoms with E-state index in [0.29, 0.717) is 12.8 Å². The molecule has 0 aliphatic rings. The zero-order chi connectivity index (χ0) is 10.6. The maximum atomic E-state index is 10.6. The molecule has 0 aliphatic carbocycles. The molecule has 0 saturated carbocycles. The Labute approximate surface area is 82.0 Å². The Morgan fingerprint density at radius 2 is 2.21 bits per heavy atom. The largest absolute Gasteiger partial charge is 0.478 e. The lowest BCUT2D eigenvalue weighted by Gasteiger charge is -2.04. The predicted octanol–water partition coefficient (Wildman–Crippen LogP) is 0.595. The van der Waals surface area contributed by atoms with Gasteiger partial charge in [0.05, 0.1) is 5.56 Å². The first-order chi connectivity index (χ1) is 6.59. The van der Waals surface area contributed by atoms with Crippen LogP contribution in [0.4, 0.5) is 0 Å². The van der Waals surface area contributed by atoms with Gasteiger partial charge in [-0.2, -0.15) is 0 Å². The fourth-order valence-electron chi connectivity index (χ4n) is 1.17. The summed E-state index contributed by atoms with van der Waals surface area (Å²) in [6.45, 7) is 0. The number of rotatable bonds is 4. The average molecular weight is 195 g/mol. The summed E-state index contributed by atoms with van der Waals surface area (Å²) in [4.78, 5) is 10.6. The number of carboxylic acids is 1. The van der Waals surface area contributed by atoms with Crippen LogP contribution in [-0.4, -0.2) is 22.4 Å². The molecule has 0 aliphatic heterocycles. The number of benzene rings is 1. The standard InChI is InChI=1S/C10H13NO3/c11-9(12)5-4-7-2-1-3-8(6-7)10(13)14/h1-3,6,9,12H,4-5,11H2,(H,13,14)/t9-/m0/s1. The highest BCUT2D eigenvalue weighted by Gasteiger charge is 2.03. The van der Waals surface area contributed by atoms with Crippen molar-refractivity contribution in [3.8, 4) is 0 Å². The summed E-state index contributed by atoms with van der Waals surface area (Å²) in [5.41, 5.74) is 6.31. The Bertz CT molecular complexity index is 323. The van der Waals surface area contributed by atoms with Crippen molar-refractivity contribution < 1.29 is 15.0 Å². The van der Waals surface area contributed by atoms with Gasteiger partial charge in [0.15, 0.2) is 0 Å². The van der Waals surface area contributed by atoms with Crippen LogP contribution < -0.4 is 5.73 Å². The lowest BCUT2D eigenvalue weighted by atomic mass is 10.1. The fourth-order valence-corrected chi connectivity index (χ4v) is 1.17. The molecule has 0 bridgehead atoms. The number of aliphatic hydroxyl groups is 1. The normalized spacial score (nSPS) is 12.4. The van der Waals surface area contributed by atoms with E-state index in [1.165, 1.54) is 6.07 Å². The van der Waals surface area contributed by atoms with Crippen molar-refractivity contribution in [1.29, 1.82) is 0 Å². The van der Waals surface area contributed by atoms with Crippen molar-refractivity contribution in [3.05, 3.63) is 35.4 Å². The van der Waals surface area contributed by atoms with E-state index in [4.69, 9.17) is 15.9 Å². The predicted molar refractivity (Wildman–Crippen MR) is 51.9 cm³/mol. The number of carbonyl (C=O) groups is 1. The van der Waals surface area contributed by atoms with Gasteiger partial charge in [0.1, 0.15) is 6.23 Å². The SMILES string of the molecule is N[C@@H](O)CCc1cccc(C(=O)O)c1. The second-order valence-electron chi connectivity index (χ2n) is 3.11. The number of aliphatic hydroxyl groups excluding tert-OH is 1. The van der Waals surface area contributed by atoms with Gasteiger partial charge in [-0.15, -0.1) is 0 Å². The Hall–Kier alpha value is -1.39. The van der Waals surface area contributed by atoms with Crippen molar-refractivity contribution in [3.63, 3.8) is 0 Å². The molecule has 0 aromatic heterocycles. The van der Waals surface area contributed by atoms with Gasteiger partial charge in [0.2, 0.25) is 0 Å². The number of aryl methyl sites for hydroxylation is 1. The maximum Gasteiger partial charge on any atom is 0.335 e. The van der Waals surface area contributed by atoms with Gasteiger partial charge >= 0.3 is 5.97 Å². The van der Waals surface area contributed by atoms with Crippen LogP contribution in [0.1, 0.15) is 22.3 Å². The second kappa shape index (κ2) is 4.74.